The molecule has 8 atom stereocenters. The van der Waals surface area contributed by atoms with Gasteiger partial charge in [0.1, 0.15) is 42.9 Å². The van der Waals surface area contributed by atoms with E-state index in [0.717, 1.165) is 5.57 Å². The molecule has 56 heavy (non-hydrogen) atoms. The van der Waals surface area contributed by atoms with Gasteiger partial charge in [-0.15, -0.1) is 0 Å². The normalized spacial score (nSPS) is 28.4. The van der Waals surface area contributed by atoms with Crippen molar-refractivity contribution in [3.05, 3.63) is 112 Å². The number of hydrogen-bond donors (Lipinski definition) is 10. The van der Waals surface area contributed by atoms with Crippen LogP contribution in [0.5, 0.6) is 11.5 Å². The van der Waals surface area contributed by atoms with Gasteiger partial charge in [0.25, 0.3) is 0 Å². The number of nitrogens with zero attached hydrogens (tertiary/aromatic N) is 1. The summed E-state index contributed by atoms with van der Waals surface area (Å²) >= 11 is 0. The van der Waals surface area contributed by atoms with Gasteiger partial charge in [0.05, 0.1) is 31.3 Å². The predicted molar refractivity (Wildman–Crippen MR) is 199 cm³/mol. The van der Waals surface area contributed by atoms with Gasteiger partial charge < -0.3 is 55.9 Å². The molecule has 0 bridgehead atoms. The number of aromatic hydroxyl groups is 1. The third-order valence-electron chi connectivity index (χ3n) is 10.7. The molecule has 294 valence electrons. The highest BCUT2D eigenvalue weighted by Gasteiger charge is 2.48. The number of ether oxygens (including phenoxy) is 3. The van der Waals surface area contributed by atoms with Gasteiger partial charge in [-0.2, -0.15) is 0 Å². The molecule has 1 aliphatic carbocycles. The van der Waals surface area contributed by atoms with E-state index in [4.69, 9.17) is 25.7 Å². The zero-order valence-corrected chi connectivity index (χ0v) is 30.1. The van der Waals surface area contributed by atoms with Gasteiger partial charge in [-0.1, -0.05) is 48.5 Å². The third-order valence-corrected chi connectivity index (χ3v) is 10.7. The number of nitrogens with one attached hydrogen (secondary N) is 4. The van der Waals surface area contributed by atoms with E-state index in [2.05, 4.69) is 21.3 Å². The van der Waals surface area contributed by atoms with Crippen molar-refractivity contribution in [3.8, 4) is 11.5 Å². The zero-order chi connectivity index (χ0) is 39.2. The lowest BCUT2D eigenvalue weighted by atomic mass is 9.82. The van der Waals surface area contributed by atoms with E-state index in [1.807, 2.05) is 35.2 Å². The Morgan fingerprint density at radius 1 is 0.964 bits per heavy atom. The van der Waals surface area contributed by atoms with Gasteiger partial charge in [0, 0.05) is 40.9 Å². The van der Waals surface area contributed by atoms with Crippen molar-refractivity contribution < 1.29 is 49.0 Å². The molecule has 0 saturated carbocycles. The monoisotopic (exact) mass is 769 g/mol. The van der Waals surface area contributed by atoms with E-state index < -0.39 is 73.1 Å². The summed E-state index contributed by atoms with van der Waals surface area (Å²) in [4.78, 5) is 42.6. The van der Waals surface area contributed by atoms with E-state index in [1.165, 1.54) is 12.1 Å². The lowest BCUT2D eigenvalue weighted by Gasteiger charge is -2.42. The number of dihydropyridines is 1. The number of amides is 1. The molecule has 0 spiro atoms. The van der Waals surface area contributed by atoms with Gasteiger partial charge in [-0.3, -0.25) is 30.8 Å². The van der Waals surface area contributed by atoms with Crippen molar-refractivity contribution in [1.82, 2.24) is 21.3 Å². The van der Waals surface area contributed by atoms with Crippen LogP contribution in [0.4, 0.5) is 5.69 Å². The summed E-state index contributed by atoms with van der Waals surface area (Å²) in [7, 11) is 0. The van der Waals surface area contributed by atoms with Crippen LogP contribution in [0.3, 0.4) is 0 Å². The summed E-state index contributed by atoms with van der Waals surface area (Å²) in [6, 6.07) is 14.6. The lowest BCUT2D eigenvalue weighted by Crippen LogP contribution is -2.70. The van der Waals surface area contributed by atoms with Gasteiger partial charge in [-0.25, -0.2) is 0 Å². The highest BCUT2D eigenvalue weighted by Crippen LogP contribution is 2.44. The Balaban J connectivity index is 1.18. The maximum Gasteiger partial charge on any atom is 0.242 e. The molecule has 0 aromatic heterocycles. The number of anilines is 1. The summed E-state index contributed by atoms with van der Waals surface area (Å²) < 4.78 is 18.5. The number of carbonyl (C=O) groups excluding carboxylic acids is 3. The van der Waals surface area contributed by atoms with Crippen LogP contribution < -0.4 is 42.4 Å². The maximum absolute atomic E-state index is 14.0. The summed E-state index contributed by atoms with van der Waals surface area (Å²) in [5.74, 6) is -1.70. The number of carbonyl (C=O) groups is 3. The van der Waals surface area contributed by atoms with Crippen molar-refractivity contribution in [3.63, 3.8) is 0 Å². The standard InChI is InChI=1S/C39H43N7O10/c40-26-13-18(9-11-42-26)10-12-54-35-33(52)31(50)25(16-47)55-38(35)56-34-20(15-23-27(32(34)51)30(49)22-7-3-2-6-21(22)29(23)48)14-19-5-1-4-8-24(19)46-17-43-28-36(46)44-39(41)45-37(28)53/h1-9,13,15,25,28,31,33,35-36,38-39,42-44,47,50-52H,10-12,14,16-17,40-41H2,(H,45,53). The van der Waals surface area contributed by atoms with Crippen LogP contribution in [0.2, 0.25) is 0 Å². The number of aliphatic hydroxyl groups excluding tert-OH is 3. The summed E-state index contributed by atoms with van der Waals surface area (Å²) in [5.41, 5.74) is 14.5. The molecule has 4 heterocycles. The quantitative estimate of drug-likeness (QED) is 0.0899. The van der Waals surface area contributed by atoms with Crippen molar-refractivity contribution in [2.45, 2.75) is 62.0 Å². The van der Waals surface area contributed by atoms with E-state index in [1.54, 1.807) is 24.3 Å². The second-order valence-electron chi connectivity index (χ2n) is 14.2. The summed E-state index contributed by atoms with van der Waals surface area (Å²) in [5, 5.41) is 56.3. The topological polar surface area (TPSA) is 263 Å². The molecule has 8 rings (SSSR count). The van der Waals surface area contributed by atoms with E-state index in [0.29, 0.717) is 30.0 Å². The Hall–Kier alpha value is -5.37. The lowest BCUT2D eigenvalue weighted by molar-refractivity contribution is -0.287. The van der Waals surface area contributed by atoms with Crippen molar-refractivity contribution in [2.24, 2.45) is 11.5 Å². The first-order chi connectivity index (χ1) is 27.0. The minimum atomic E-state index is -1.60. The molecule has 0 radical (unpaired) electrons. The SMILES string of the molecule is NC1=CC(CCOC2C(Oc3c(Cc4ccccc4N4CNC5C(=O)NC(N)NC54)cc4c(c3O)C(=O)c3ccccc3C4=O)OC(CO)C(O)C2O)=CCN1. The number of ketones is 2. The Morgan fingerprint density at radius 3 is 2.48 bits per heavy atom. The number of benzene rings is 3. The fraction of sp³-hybridized carbons (Fsp3) is 0.359. The number of fused-ring (bicyclic) bond motifs is 3. The molecule has 5 aliphatic rings. The number of nitrogens with two attached hydrogens (primary N) is 2. The minimum absolute atomic E-state index is 0.0321. The van der Waals surface area contributed by atoms with Crippen molar-refractivity contribution in [2.75, 3.05) is 31.3 Å². The second kappa shape index (κ2) is 15.3. The Bertz CT molecular complexity index is 2130. The largest absolute Gasteiger partial charge is 0.504 e. The average Bonchev–Trinajstić information content (AvgIpc) is 3.61. The molecule has 17 nitrogen and oxygen atoms in total. The van der Waals surface area contributed by atoms with Crippen LogP contribution >= 0.6 is 0 Å². The second-order valence-corrected chi connectivity index (χ2v) is 14.2. The molecule has 3 aromatic rings. The van der Waals surface area contributed by atoms with Crippen molar-refractivity contribution in [1.29, 1.82) is 0 Å². The zero-order valence-electron chi connectivity index (χ0n) is 30.1. The average molecular weight is 770 g/mol. The molecule has 12 N–H and O–H groups in total. The molecule has 1 amide bonds. The summed E-state index contributed by atoms with van der Waals surface area (Å²) in [6.07, 6.45) is -4.52. The number of allylic oxidation sites excluding steroid dienone is 1. The van der Waals surface area contributed by atoms with Gasteiger partial charge in [0.15, 0.2) is 23.1 Å². The van der Waals surface area contributed by atoms with Crippen LogP contribution in [0.15, 0.2) is 78.1 Å². The fourth-order valence-corrected chi connectivity index (χ4v) is 7.94. The maximum atomic E-state index is 14.0. The smallest absolute Gasteiger partial charge is 0.242 e. The molecule has 3 saturated heterocycles. The van der Waals surface area contributed by atoms with Crippen molar-refractivity contribution >= 4 is 23.2 Å². The highest BCUT2D eigenvalue weighted by molar-refractivity contribution is 6.29. The number of para-hydroxylation sites is 1. The van der Waals surface area contributed by atoms with Crippen LogP contribution in [0.25, 0.3) is 0 Å². The Morgan fingerprint density at radius 2 is 1.71 bits per heavy atom. The van der Waals surface area contributed by atoms with E-state index >= 15 is 0 Å². The van der Waals surface area contributed by atoms with Gasteiger partial charge in [0.2, 0.25) is 12.2 Å². The van der Waals surface area contributed by atoms with Crippen LogP contribution in [0, 0.1) is 0 Å². The number of phenolic OH excluding ortho intramolecular Hbond substituents is 1. The van der Waals surface area contributed by atoms with Crippen LogP contribution in [-0.4, -0.2) is 114 Å². The molecule has 4 aliphatic heterocycles. The molecule has 3 aromatic carbocycles. The molecular formula is C39H43N7O10. The Labute approximate surface area is 320 Å². The molecule has 3 fully saturated rings. The van der Waals surface area contributed by atoms with E-state index in [-0.39, 0.29) is 59.2 Å². The number of rotatable bonds is 10. The molecular weight excluding hydrogens is 726 g/mol. The first kappa shape index (κ1) is 37.5. The first-order valence-corrected chi connectivity index (χ1v) is 18.3. The number of aliphatic hydroxyl groups is 3. The van der Waals surface area contributed by atoms with E-state index in [9.17, 15) is 34.8 Å². The van der Waals surface area contributed by atoms with Gasteiger partial charge >= 0.3 is 0 Å². The molecule has 17 heteroatoms. The summed E-state index contributed by atoms with van der Waals surface area (Å²) in [6.45, 7) is 0.171. The first-order valence-electron chi connectivity index (χ1n) is 18.3. The van der Waals surface area contributed by atoms with Crippen LogP contribution in [-0.2, 0) is 20.7 Å². The molecule has 8 unspecified atom stereocenters. The predicted octanol–water partition coefficient (Wildman–Crippen LogP) is -1.30. The fourth-order valence-electron chi connectivity index (χ4n) is 7.94. The number of hydrogen-bond acceptors (Lipinski definition) is 16. The third kappa shape index (κ3) is 6.77. The minimum Gasteiger partial charge on any atom is -0.504 e. The van der Waals surface area contributed by atoms with Gasteiger partial charge in [-0.05, 0) is 35.8 Å². The van der Waals surface area contributed by atoms with Crippen LogP contribution in [0.1, 0.15) is 49.4 Å². The Kier molecular flexibility index (Phi) is 10.2. The number of phenols is 1. The highest BCUT2D eigenvalue weighted by atomic mass is 16.7.